The van der Waals surface area contributed by atoms with E-state index in [0.717, 1.165) is 11.0 Å². The van der Waals surface area contributed by atoms with Crippen molar-refractivity contribution in [3.05, 3.63) is 70.8 Å². The highest BCUT2D eigenvalue weighted by atomic mass is 35.5. The molecule has 0 fully saturated rings. The number of benzene rings is 2. The van der Waals surface area contributed by atoms with Gasteiger partial charge in [-0.05, 0) is 48.1 Å². The van der Waals surface area contributed by atoms with E-state index in [1.807, 2.05) is 24.3 Å². The van der Waals surface area contributed by atoms with E-state index in [1.54, 1.807) is 18.2 Å². The van der Waals surface area contributed by atoms with Crippen LogP contribution in [0.2, 0.25) is 5.02 Å². The highest BCUT2D eigenvalue weighted by Crippen LogP contribution is 2.17. The normalized spacial score (nSPS) is 12.0. The molecule has 0 radical (unpaired) electrons. The number of aromatic nitrogens is 2. The van der Waals surface area contributed by atoms with Gasteiger partial charge in [0, 0.05) is 0 Å². The van der Waals surface area contributed by atoms with Gasteiger partial charge in [0.25, 0.3) is 0 Å². The first-order chi connectivity index (χ1) is 12.0. The number of imidazole rings is 1. The molecule has 2 aromatic carbocycles. The van der Waals surface area contributed by atoms with Crippen molar-refractivity contribution < 1.29 is 4.39 Å². The van der Waals surface area contributed by atoms with E-state index in [0.29, 0.717) is 17.1 Å². The van der Waals surface area contributed by atoms with Crippen LogP contribution in [-0.2, 0) is 0 Å². The number of rotatable bonds is 4. The van der Waals surface area contributed by atoms with Crippen LogP contribution in [-0.4, -0.2) is 20.8 Å². The van der Waals surface area contributed by atoms with Crippen LogP contribution in [0, 0.1) is 5.82 Å². The number of hydrogen-bond donors (Lipinski definition) is 3. The summed E-state index contributed by atoms with van der Waals surface area (Å²) >= 11 is 10.5. The van der Waals surface area contributed by atoms with Crippen LogP contribution in [0.15, 0.2) is 53.6 Å². The summed E-state index contributed by atoms with van der Waals surface area (Å²) in [4.78, 5) is 7.64. The number of hydrogen-bond acceptors (Lipinski definition) is 3. The average Bonchev–Trinajstić information content (AvgIpc) is 3.01. The van der Waals surface area contributed by atoms with Crippen molar-refractivity contribution in [2.24, 2.45) is 10.8 Å². The van der Waals surface area contributed by atoms with Crippen LogP contribution < -0.4 is 11.2 Å². The molecule has 3 rings (SSSR count). The second kappa shape index (κ2) is 7.42. The molecule has 0 aliphatic rings. The predicted octanol–water partition coefficient (Wildman–Crippen LogP) is 3.61. The quantitative estimate of drug-likeness (QED) is 0.371. The van der Waals surface area contributed by atoms with E-state index in [1.165, 1.54) is 12.1 Å². The van der Waals surface area contributed by atoms with Crippen molar-refractivity contribution in [3.8, 4) is 0 Å². The summed E-state index contributed by atoms with van der Waals surface area (Å²) in [6.45, 7) is 0. The Bertz CT molecular complexity index is 963. The van der Waals surface area contributed by atoms with E-state index in [4.69, 9.17) is 29.6 Å². The zero-order chi connectivity index (χ0) is 17.8. The molecule has 0 aliphatic heterocycles. The van der Waals surface area contributed by atoms with Gasteiger partial charge in [0.15, 0.2) is 10.9 Å². The molecule has 0 aliphatic carbocycles. The fraction of sp³-hybridized carbons (Fsp3) is 0. The minimum absolute atomic E-state index is 0.0274. The van der Waals surface area contributed by atoms with Gasteiger partial charge in [0.05, 0.1) is 16.1 Å². The summed E-state index contributed by atoms with van der Waals surface area (Å²) in [5.74, 6) is 0.0305. The fourth-order valence-electron chi connectivity index (χ4n) is 2.15. The van der Waals surface area contributed by atoms with Crippen LogP contribution >= 0.6 is 23.8 Å². The Kier molecular flexibility index (Phi) is 5.06. The Hall–Kier alpha value is -2.77. The summed E-state index contributed by atoms with van der Waals surface area (Å²) in [5, 5.41) is 4.24. The molecule has 0 bridgehead atoms. The largest absolute Gasteiger partial charge is 0.375 e. The lowest BCUT2D eigenvalue weighted by atomic mass is 10.2. The molecule has 4 N–H and O–H groups in total. The number of para-hydroxylation sites is 2. The number of thiocarbonyl (C=S) groups is 1. The summed E-state index contributed by atoms with van der Waals surface area (Å²) in [6, 6.07) is 12.1. The van der Waals surface area contributed by atoms with Crippen molar-refractivity contribution in [1.29, 1.82) is 0 Å². The van der Waals surface area contributed by atoms with Gasteiger partial charge < -0.3 is 10.7 Å². The van der Waals surface area contributed by atoms with E-state index >= 15 is 0 Å². The highest BCUT2D eigenvalue weighted by molar-refractivity contribution is 7.80. The van der Waals surface area contributed by atoms with Crippen molar-refractivity contribution in [2.45, 2.75) is 0 Å². The third kappa shape index (κ3) is 4.20. The summed E-state index contributed by atoms with van der Waals surface area (Å²) < 4.78 is 13.6. The number of H-pyrrole nitrogens is 1. The third-order valence-electron chi connectivity index (χ3n) is 3.30. The van der Waals surface area contributed by atoms with Gasteiger partial charge in [0.1, 0.15) is 11.5 Å². The van der Waals surface area contributed by atoms with Crippen molar-refractivity contribution in [2.75, 3.05) is 0 Å². The molecule has 0 spiro atoms. The van der Waals surface area contributed by atoms with Crippen LogP contribution in [0.4, 0.5) is 4.39 Å². The summed E-state index contributed by atoms with van der Waals surface area (Å²) in [5.41, 5.74) is 10.7. The van der Waals surface area contributed by atoms with Gasteiger partial charge >= 0.3 is 0 Å². The molecular weight excluding hydrogens is 361 g/mol. The van der Waals surface area contributed by atoms with Gasteiger partial charge in [-0.2, -0.15) is 5.10 Å². The number of allylic oxidation sites excluding steroid dienone is 1. The molecule has 3 aromatic rings. The molecule has 1 heterocycles. The molecule has 0 atom stereocenters. The number of nitrogens with zero attached hydrogens (tertiary/aromatic N) is 2. The van der Waals surface area contributed by atoms with Crippen molar-refractivity contribution in [3.63, 3.8) is 0 Å². The van der Waals surface area contributed by atoms with E-state index < -0.39 is 5.82 Å². The Morgan fingerprint density at radius 2 is 2.12 bits per heavy atom. The monoisotopic (exact) mass is 373 g/mol. The molecule has 5 nitrogen and oxygen atoms in total. The molecule has 0 saturated heterocycles. The molecular formula is C17H13ClFN5S. The SMILES string of the molecule is NC(=S)N/N=C(/C=C/c1ccc(Cl)c(F)c1)c1nc2ccccc2[nH]1. The molecule has 8 heteroatoms. The lowest BCUT2D eigenvalue weighted by Crippen LogP contribution is -2.25. The summed E-state index contributed by atoms with van der Waals surface area (Å²) in [6.07, 6.45) is 3.36. The standard InChI is InChI=1S/C17H13ClFN5S/c18-11-7-5-10(9-12(11)19)6-8-15(23-24-17(20)25)16-21-13-3-1-2-4-14(13)22-16/h1-9H,(H,21,22)(H3,20,24,25)/b8-6+,23-15-. The van der Waals surface area contributed by atoms with Crippen LogP contribution in [0.1, 0.15) is 11.4 Å². The third-order valence-corrected chi connectivity index (χ3v) is 3.69. The molecule has 0 unspecified atom stereocenters. The van der Waals surface area contributed by atoms with Crippen LogP contribution in [0.3, 0.4) is 0 Å². The lowest BCUT2D eigenvalue weighted by Gasteiger charge is -2.00. The maximum Gasteiger partial charge on any atom is 0.184 e. The van der Waals surface area contributed by atoms with Crippen molar-refractivity contribution >= 4 is 51.8 Å². The first kappa shape index (κ1) is 17.1. The Labute approximate surface area is 153 Å². The van der Waals surface area contributed by atoms with Crippen LogP contribution in [0.25, 0.3) is 17.1 Å². The summed E-state index contributed by atoms with van der Waals surface area (Å²) in [7, 11) is 0. The first-order valence-electron chi connectivity index (χ1n) is 7.24. The Morgan fingerprint density at radius 3 is 2.84 bits per heavy atom. The Morgan fingerprint density at radius 1 is 1.32 bits per heavy atom. The zero-order valence-corrected chi connectivity index (χ0v) is 14.4. The van der Waals surface area contributed by atoms with E-state index in [-0.39, 0.29) is 10.1 Å². The number of aromatic amines is 1. The number of fused-ring (bicyclic) bond motifs is 1. The van der Waals surface area contributed by atoms with Gasteiger partial charge in [-0.3, -0.25) is 5.43 Å². The maximum absolute atomic E-state index is 13.6. The molecule has 0 saturated carbocycles. The minimum atomic E-state index is -0.493. The highest BCUT2D eigenvalue weighted by Gasteiger charge is 2.08. The van der Waals surface area contributed by atoms with E-state index in [9.17, 15) is 4.39 Å². The topological polar surface area (TPSA) is 79.1 Å². The van der Waals surface area contributed by atoms with Gasteiger partial charge in [-0.1, -0.05) is 35.9 Å². The van der Waals surface area contributed by atoms with E-state index in [2.05, 4.69) is 20.5 Å². The van der Waals surface area contributed by atoms with Crippen molar-refractivity contribution in [1.82, 2.24) is 15.4 Å². The second-order valence-electron chi connectivity index (χ2n) is 5.08. The number of halogens is 2. The fourth-order valence-corrected chi connectivity index (χ4v) is 2.31. The molecule has 25 heavy (non-hydrogen) atoms. The van der Waals surface area contributed by atoms with Gasteiger partial charge in [-0.25, -0.2) is 9.37 Å². The number of nitrogens with one attached hydrogen (secondary N) is 2. The smallest absolute Gasteiger partial charge is 0.184 e. The minimum Gasteiger partial charge on any atom is -0.375 e. The number of hydrazone groups is 1. The molecule has 126 valence electrons. The second-order valence-corrected chi connectivity index (χ2v) is 5.93. The molecule has 0 amide bonds. The van der Waals surface area contributed by atoms with Gasteiger partial charge in [0.2, 0.25) is 0 Å². The Balaban J connectivity index is 1.96. The number of nitrogens with two attached hydrogens (primary N) is 1. The lowest BCUT2D eigenvalue weighted by molar-refractivity contribution is 0.628. The van der Waals surface area contributed by atoms with Gasteiger partial charge in [-0.15, -0.1) is 0 Å². The average molecular weight is 374 g/mol. The maximum atomic E-state index is 13.6. The zero-order valence-electron chi connectivity index (χ0n) is 12.8. The van der Waals surface area contributed by atoms with Crippen LogP contribution in [0.5, 0.6) is 0 Å². The predicted molar refractivity (Wildman–Crippen MR) is 103 cm³/mol. The first-order valence-corrected chi connectivity index (χ1v) is 8.03. The molecule has 1 aromatic heterocycles.